The van der Waals surface area contributed by atoms with Gasteiger partial charge in [-0.15, -0.1) is 0 Å². The van der Waals surface area contributed by atoms with Gasteiger partial charge in [-0.2, -0.15) is 0 Å². The lowest BCUT2D eigenvalue weighted by Crippen LogP contribution is -2.50. The molecule has 4 aliphatic carbocycles. The Morgan fingerprint density at radius 3 is 2.02 bits per heavy atom. The lowest BCUT2D eigenvalue weighted by molar-refractivity contribution is -0.153. The molecule has 4 atom stereocenters. The molecule has 1 fully saturated rings. The predicted molar refractivity (Wildman–Crippen MR) is 229 cm³/mol. The summed E-state index contributed by atoms with van der Waals surface area (Å²) in [6.07, 6.45) is 18.6. The Bertz CT molecular complexity index is 2660. The summed E-state index contributed by atoms with van der Waals surface area (Å²) in [6.45, 7) is 0. The first kappa shape index (κ1) is 33.8. The second-order valence-electron chi connectivity index (χ2n) is 15.3. The molecule has 0 bridgehead atoms. The van der Waals surface area contributed by atoms with Crippen molar-refractivity contribution in [3.63, 3.8) is 0 Å². The molecule has 4 unspecified atom stereocenters. The zero-order chi connectivity index (χ0) is 37.8. The van der Waals surface area contributed by atoms with E-state index < -0.39 is 5.41 Å². The normalized spacial score (nSPS) is 22.5. The SMILES string of the molecule is C1=CC2OC3C=CC4=C(c5ccccc5C4(c4ccccc4)c4ccccc4)C3OC2C(c2cccc(-c3nc(C4=CCCC=C4)cc(-c4ccccc4)n3)c2)=C1. The highest BCUT2D eigenvalue weighted by molar-refractivity contribution is 5.91. The van der Waals surface area contributed by atoms with Gasteiger partial charge in [0, 0.05) is 11.1 Å². The van der Waals surface area contributed by atoms with E-state index in [1.54, 1.807) is 0 Å². The van der Waals surface area contributed by atoms with Crippen molar-refractivity contribution in [3.05, 3.63) is 233 Å². The molecule has 1 aromatic heterocycles. The summed E-state index contributed by atoms with van der Waals surface area (Å²) in [7, 11) is 0. The minimum Gasteiger partial charge on any atom is -0.361 e. The standard InChI is InChI=1S/C53H40N2O2/c1-5-17-35(18-6-1)45-34-46(36-19-7-2-8-20-36)55-52(54-45)38-22-15-21-37(33-38)41-28-16-30-47-50(41)57-51-48(56-47)32-31-44-49(51)42-27-13-14-29-43(42)53(44,39-23-9-3-10-24-39)40-25-11-4-12-26-40/h1,3-7,9-34,47-48,50-51H,2,8H2. The van der Waals surface area contributed by atoms with Crippen LogP contribution in [0.15, 0.2) is 200 Å². The van der Waals surface area contributed by atoms with Crippen LogP contribution in [0.3, 0.4) is 0 Å². The van der Waals surface area contributed by atoms with Crippen molar-refractivity contribution in [2.45, 2.75) is 42.7 Å². The maximum absolute atomic E-state index is 7.42. The highest BCUT2D eigenvalue weighted by Crippen LogP contribution is 2.58. The van der Waals surface area contributed by atoms with E-state index in [1.165, 1.54) is 33.4 Å². The fraction of sp³-hybridized carbons (Fsp3) is 0.132. The summed E-state index contributed by atoms with van der Waals surface area (Å²) in [4.78, 5) is 10.3. The summed E-state index contributed by atoms with van der Waals surface area (Å²) in [6, 6.07) is 51.8. The fourth-order valence-corrected chi connectivity index (χ4v) is 9.57. The molecule has 1 saturated heterocycles. The summed E-state index contributed by atoms with van der Waals surface area (Å²) >= 11 is 0. The van der Waals surface area contributed by atoms with Gasteiger partial charge in [0.05, 0.1) is 16.8 Å². The molecule has 0 saturated carbocycles. The molecular weight excluding hydrogens is 697 g/mol. The fourth-order valence-electron chi connectivity index (χ4n) is 9.57. The minimum absolute atomic E-state index is 0.230. The highest BCUT2D eigenvalue weighted by Gasteiger charge is 2.53. The van der Waals surface area contributed by atoms with E-state index >= 15 is 0 Å². The third kappa shape index (κ3) is 5.59. The summed E-state index contributed by atoms with van der Waals surface area (Å²) in [5.41, 5.74) is 14.1. The molecule has 4 heteroatoms. The average molecular weight is 737 g/mol. The molecule has 5 aliphatic rings. The maximum Gasteiger partial charge on any atom is 0.160 e. The molecule has 274 valence electrons. The van der Waals surface area contributed by atoms with Crippen LogP contribution in [0.25, 0.3) is 39.4 Å². The molecule has 5 aromatic carbocycles. The van der Waals surface area contributed by atoms with Crippen molar-refractivity contribution in [1.29, 1.82) is 0 Å². The number of fused-ring (bicyclic) bond motifs is 5. The Kier molecular flexibility index (Phi) is 8.27. The van der Waals surface area contributed by atoms with Crippen LogP contribution in [0.5, 0.6) is 0 Å². The number of rotatable bonds is 6. The zero-order valence-corrected chi connectivity index (χ0v) is 31.4. The maximum atomic E-state index is 7.42. The van der Waals surface area contributed by atoms with E-state index in [9.17, 15) is 0 Å². The van der Waals surface area contributed by atoms with Crippen molar-refractivity contribution < 1.29 is 9.47 Å². The van der Waals surface area contributed by atoms with Crippen molar-refractivity contribution in [3.8, 4) is 22.6 Å². The van der Waals surface area contributed by atoms with Gasteiger partial charge < -0.3 is 9.47 Å². The van der Waals surface area contributed by atoms with Crippen LogP contribution < -0.4 is 0 Å². The lowest BCUT2D eigenvalue weighted by atomic mass is 9.66. The van der Waals surface area contributed by atoms with E-state index in [2.05, 4.69) is 188 Å². The largest absolute Gasteiger partial charge is 0.361 e. The Hall–Kier alpha value is -6.46. The first-order valence-corrected chi connectivity index (χ1v) is 20.0. The first-order chi connectivity index (χ1) is 28.3. The Labute approximate surface area is 333 Å². The van der Waals surface area contributed by atoms with Crippen LogP contribution in [0.2, 0.25) is 0 Å². The van der Waals surface area contributed by atoms with E-state index in [4.69, 9.17) is 19.4 Å². The molecular formula is C53H40N2O2. The summed E-state index contributed by atoms with van der Waals surface area (Å²) < 4.78 is 14.4. The number of allylic oxidation sites excluding steroid dienone is 8. The highest BCUT2D eigenvalue weighted by atomic mass is 16.6. The monoisotopic (exact) mass is 736 g/mol. The Morgan fingerprint density at radius 1 is 0.561 bits per heavy atom. The average Bonchev–Trinajstić information content (AvgIpc) is 3.61. The van der Waals surface area contributed by atoms with Crippen molar-refractivity contribution in [1.82, 2.24) is 9.97 Å². The Morgan fingerprint density at radius 2 is 1.25 bits per heavy atom. The van der Waals surface area contributed by atoms with E-state index in [0.29, 0.717) is 5.82 Å². The molecule has 2 heterocycles. The number of benzene rings is 5. The quantitative estimate of drug-likeness (QED) is 0.171. The van der Waals surface area contributed by atoms with Gasteiger partial charge in [0.25, 0.3) is 0 Å². The van der Waals surface area contributed by atoms with Crippen molar-refractivity contribution in [2.75, 3.05) is 0 Å². The molecule has 4 nitrogen and oxygen atoms in total. The predicted octanol–water partition coefficient (Wildman–Crippen LogP) is 11.4. The third-order valence-corrected chi connectivity index (χ3v) is 12.1. The molecule has 0 radical (unpaired) electrons. The van der Waals surface area contributed by atoms with Gasteiger partial charge in [-0.05, 0) is 75.1 Å². The van der Waals surface area contributed by atoms with E-state index in [1.807, 2.05) is 6.07 Å². The molecule has 6 aromatic rings. The van der Waals surface area contributed by atoms with Gasteiger partial charge in [-0.25, -0.2) is 9.97 Å². The van der Waals surface area contributed by atoms with Gasteiger partial charge >= 0.3 is 0 Å². The second-order valence-corrected chi connectivity index (χ2v) is 15.3. The van der Waals surface area contributed by atoms with Gasteiger partial charge in [0.15, 0.2) is 5.82 Å². The topological polar surface area (TPSA) is 44.2 Å². The van der Waals surface area contributed by atoms with Gasteiger partial charge in [-0.1, -0.05) is 182 Å². The lowest BCUT2D eigenvalue weighted by Gasteiger charge is -2.44. The van der Waals surface area contributed by atoms with Gasteiger partial charge in [0.1, 0.15) is 24.4 Å². The number of hydrogen-bond donors (Lipinski definition) is 0. The molecule has 11 rings (SSSR count). The van der Waals surface area contributed by atoms with E-state index in [0.717, 1.165) is 52.1 Å². The molecule has 1 aliphatic heterocycles. The van der Waals surface area contributed by atoms with Crippen LogP contribution in [-0.4, -0.2) is 34.4 Å². The molecule has 0 spiro atoms. The van der Waals surface area contributed by atoms with E-state index in [-0.39, 0.29) is 24.4 Å². The molecule has 57 heavy (non-hydrogen) atoms. The molecule has 0 N–H and O–H groups in total. The number of ether oxygens (including phenoxy) is 2. The van der Waals surface area contributed by atoms with Crippen LogP contribution in [0.1, 0.15) is 46.4 Å². The minimum atomic E-state index is -0.494. The number of aromatic nitrogens is 2. The van der Waals surface area contributed by atoms with Gasteiger partial charge in [-0.3, -0.25) is 0 Å². The van der Waals surface area contributed by atoms with Gasteiger partial charge in [0.2, 0.25) is 0 Å². The summed E-state index contributed by atoms with van der Waals surface area (Å²) in [5, 5.41) is 0. The smallest absolute Gasteiger partial charge is 0.160 e. The van der Waals surface area contributed by atoms with Crippen LogP contribution in [0, 0.1) is 0 Å². The second kappa shape index (κ2) is 13.9. The van der Waals surface area contributed by atoms with Crippen LogP contribution in [0.4, 0.5) is 0 Å². The first-order valence-electron chi connectivity index (χ1n) is 20.0. The third-order valence-electron chi connectivity index (χ3n) is 12.1. The van der Waals surface area contributed by atoms with Crippen LogP contribution >= 0.6 is 0 Å². The van der Waals surface area contributed by atoms with Crippen LogP contribution in [-0.2, 0) is 14.9 Å². The number of nitrogens with zero attached hydrogens (tertiary/aromatic N) is 2. The zero-order valence-electron chi connectivity index (χ0n) is 31.4. The van der Waals surface area contributed by atoms with Crippen molar-refractivity contribution >= 4 is 16.7 Å². The van der Waals surface area contributed by atoms with Crippen molar-refractivity contribution in [2.24, 2.45) is 0 Å². The number of hydrogen-bond acceptors (Lipinski definition) is 4. The molecule has 0 amide bonds. The summed E-state index contributed by atoms with van der Waals surface area (Å²) in [5.74, 6) is 0.699. The Balaban J connectivity index is 0.996.